The summed E-state index contributed by atoms with van der Waals surface area (Å²) in [7, 11) is 0. The van der Waals surface area contributed by atoms with Gasteiger partial charge in [-0.3, -0.25) is 9.36 Å². The number of piperazine rings is 1. The average Bonchev–Trinajstić information content (AvgIpc) is 3.15. The number of fused-ring (bicyclic) bond motifs is 1. The van der Waals surface area contributed by atoms with Crippen LogP contribution in [-0.2, 0) is 4.74 Å². The number of H-pyrrole nitrogens is 1. The molecule has 0 radical (unpaired) electrons. The molecule has 2 saturated heterocycles. The lowest BCUT2D eigenvalue weighted by molar-refractivity contribution is -0.0504. The second kappa shape index (κ2) is 6.35. The monoisotopic (exact) mass is 352 g/mol. The minimum absolute atomic E-state index is 0.133. The Hall–Kier alpha value is -2.05. The molecule has 0 spiro atoms. The maximum atomic E-state index is 12.1. The van der Waals surface area contributed by atoms with Crippen LogP contribution in [0.3, 0.4) is 0 Å². The van der Waals surface area contributed by atoms with Gasteiger partial charge in [0.1, 0.15) is 18.3 Å². The third kappa shape index (κ3) is 2.60. The van der Waals surface area contributed by atoms with Crippen molar-refractivity contribution >= 4 is 17.1 Å². The molecule has 11 heteroatoms. The van der Waals surface area contributed by atoms with E-state index in [0.717, 1.165) is 13.1 Å². The van der Waals surface area contributed by atoms with Crippen molar-refractivity contribution in [1.29, 1.82) is 0 Å². The molecule has 0 bridgehead atoms. The number of aromatic amines is 1. The molecule has 4 atom stereocenters. The summed E-state index contributed by atoms with van der Waals surface area (Å²) >= 11 is 0. The first-order valence-electron chi connectivity index (χ1n) is 8.15. The van der Waals surface area contributed by atoms with Gasteiger partial charge < -0.3 is 35.3 Å². The van der Waals surface area contributed by atoms with Crippen molar-refractivity contribution in [3.05, 3.63) is 16.7 Å². The van der Waals surface area contributed by atoms with Crippen LogP contribution in [0.2, 0.25) is 0 Å². The van der Waals surface area contributed by atoms with Crippen molar-refractivity contribution in [2.45, 2.75) is 24.5 Å². The molecular formula is C14H20N6O5. The Morgan fingerprint density at radius 1 is 1.28 bits per heavy atom. The van der Waals surface area contributed by atoms with Crippen molar-refractivity contribution in [2.24, 2.45) is 0 Å². The molecule has 4 rings (SSSR count). The zero-order valence-corrected chi connectivity index (χ0v) is 13.4. The number of rotatable bonds is 3. The fraction of sp³-hybridized carbons (Fsp3) is 0.643. The second-order valence-electron chi connectivity index (χ2n) is 6.15. The fourth-order valence-corrected chi connectivity index (χ4v) is 3.32. The normalized spacial score (nSPS) is 30.3. The Morgan fingerprint density at radius 2 is 2.04 bits per heavy atom. The number of hydrogen-bond donors (Lipinski definition) is 5. The second-order valence-corrected chi connectivity index (χ2v) is 6.15. The van der Waals surface area contributed by atoms with Crippen LogP contribution >= 0.6 is 0 Å². The summed E-state index contributed by atoms with van der Waals surface area (Å²) in [6.07, 6.45) is -3.19. The van der Waals surface area contributed by atoms with Gasteiger partial charge in [0.2, 0.25) is 5.95 Å². The number of hydrogen-bond acceptors (Lipinski definition) is 9. The number of imidazole rings is 1. The van der Waals surface area contributed by atoms with E-state index in [-0.39, 0.29) is 11.2 Å². The summed E-state index contributed by atoms with van der Waals surface area (Å²) in [5, 5.41) is 33.0. The Kier molecular flexibility index (Phi) is 4.17. The molecule has 0 aromatic carbocycles. The fourth-order valence-electron chi connectivity index (χ4n) is 3.32. The van der Waals surface area contributed by atoms with Crippen LogP contribution in [0.25, 0.3) is 11.2 Å². The minimum Gasteiger partial charge on any atom is -0.394 e. The predicted octanol–water partition coefficient (Wildman–Crippen LogP) is -2.86. The van der Waals surface area contributed by atoms with Gasteiger partial charge in [0, 0.05) is 26.2 Å². The first kappa shape index (κ1) is 16.4. The summed E-state index contributed by atoms with van der Waals surface area (Å²) < 4.78 is 7.16. The topological polar surface area (TPSA) is 149 Å². The number of aliphatic hydroxyl groups is 3. The van der Waals surface area contributed by atoms with Gasteiger partial charge in [-0.25, -0.2) is 9.97 Å². The van der Waals surface area contributed by atoms with E-state index >= 15 is 0 Å². The summed E-state index contributed by atoms with van der Waals surface area (Å²) in [5.41, 5.74) is -0.00669. The highest BCUT2D eigenvalue weighted by molar-refractivity contribution is 5.74. The highest BCUT2D eigenvalue weighted by atomic mass is 16.6. The molecule has 0 amide bonds. The Morgan fingerprint density at radius 3 is 2.72 bits per heavy atom. The quantitative estimate of drug-likeness (QED) is 0.393. The number of nitrogens with one attached hydrogen (secondary N) is 2. The smallest absolute Gasteiger partial charge is 0.278 e. The first-order chi connectivity index (χ1) is 12.1. The van der Waals surface area contributed by atoms with Crippen molar-refractivity contribution < 1.29 is 20.1 Å². The molecular weight excluding hydrogens is 332 g/mol. The van der Waals surface area contributed by atoms with Crippen molar-refractivity contribution in [2.75, 3.05) is 37.7 Å². The molecule has 0 unspecified atom stereocenters. The number of anilines is 1. The van der Waals surface area contributed by atoms with Gasteiger partial charge in [-0.15, -0.1) is 0 Å². The van der Waals surface area contributed by atoms with E-state index in [2.05, 4.69) is 20.3 Å². The van der Waals surface area contributed by atoms with Gasteiger partial charge in [0.15, 0.2) is 17.4 Å². The lowest BCUT2D eigenvalue weighted by atomic mass is 10.1. The minimum atomic E-state index is -1.28. The molecule has 2 aromatic heterocycles. The summed E-state index contributed by atoms with van der Waals surface area (Å²) in [6, 6.07) is 0. The maximum absolute atomic E-state index is 12.1. The van der Waals surface area contributed by atoms with Crippen LogP contribution in [0.5, 0.6) is 0 Å². The lowest BCUT2D eigenvalue weighted by Crippen LogP contribution is -2.45. The number of aliphatic hydroxyl groups excluding tert-OH is 3. The maximum Gasteiger partial charge on any atom is 0.278 e. The molecule has 2 aliphatic rings. The van der Waals surface area contributed by atoms with Crippen LogP contribution in [0.1, 0.15) is 6.23 Å². The van der Waals surface area contributed by atoms with Gasteiger partial charge >= 0.3 is 0 Å². The van der Waals surface area contributed by atoms with E-state index in [9.17, 15) is 20.1 Å². The summed E-state index contributed by atoms with van der Waals surface area (Å²) in [4.78, 5) is 25.2. The molecule has 0 aliphatic carbocycles. The first-order valence-corrected chi connectivity index (χ1v) is 8.15. The largest absolute Gasteiger partial charge is 0.394 e. The Labute approximate surface area is 141 Å². The van der Waals surface area contributed by atoms with Crippen LogP contribution in [0.4, 0.5) is 5.95 Å². The van der Waals surface area contributed by atoms with E-state index in [4.69, 9.17) is 4.74 Å². The summed E-state index contributed by atoms with van der Waals surface area (Å²) in [5.74, 6) is 0.440. The molecule has 2 aliphatic heterocycles. The van der Waals surface area contributed by atoms with Crippen LogP contribution in [0.15, 0.2) is 11.1 Å². The van der Waals surface area contributed by atoms with Gasteiger partial charge in [0.05, 0.1) is 12.9 Å². The van der Waals surface area contributed by atoms with Crippen molar-refractivity contribution in [1.82, 2.24) is 24.8 Å². The van der Waals surface area contributed by atoms with E-state index in [0.29, 0.717) is 19.0 Å². The zero-order chi connectivity index (χ0) is 17.6. The number of nitrogens with zero attached hydrogens (tertiary/aromatic N) is 4. The number of ether oxygens (including phenoxy) is 1. The third-order valence-corrected chi connectivity index (χ3v) is 4.64. The Balaban J connectivity index is 1.86. The van der Waals surface area contributed by atoms with Gasteiger partial charge in [-0.2, -0.15) is 0 Å². The predicted molar refractivity (Wildman–Crippen MR) is 86.2 cm³/mol. The molecule has 0 saturated carbocycles. The SMILES string of the molecule is O=c1[nH]cnc2c1nc(N1CCNCC1)n2[C@H]1O[C@@H](CO)[C@@H](O)[C@@H]1O. The molecule has 11 nitrogen and oxygen atoms in total. The van der Waals surface area contributed by atoms with Gasteiger partial charge in [0.25, 0.3) is 5.56 Å². The lowest BCUT2D eigenvalue weighted by Gasteiger charge is -2.30. The van der Waals surface area contributed by atoms with E-state index < -0.39 is 36.7 Å². The van der Waals surface area contributed by atoms with Crippen LogP contribution in [0, 0.1) is 0 Å². The van der Waals surface area contributed by atoms with Crippen molar-refractivity contribution in [3.63, 3.8) is 0 Å². The van der Waals surface area contributed by atoms with Crippen molar-refractivity contribution in [3.8, 4) is 0 Å². The molecule has 136 valence electrons. The van der Waals surface area contributed by atoms with E-state index in [1.54, 1.807) is 0 Å². The Bertz CT molecular complexity index is 816. The zero-order valence-electron chi connectivity index (χ0n) is 13.4. The summed E-state index contributed by atoms with van der Waals surface area (Å²) in [6.45, 7) is 2.40. The molecule has 4 heterocycles. The van der Waals surface area contributed by atoms with Gasteiger partial charge in [-0.1, -0.05) is 0 Å². The molecule has 2 fully saturated rings. The molecule has 25 heavy (non-hydrogen) atoms. The van der Waals surface area contributed by atoms with Crippen LogP contribution < -0.4 is 15.8 Å². The third-order valence-electron chi connectivity index (χ3n) is 4.64. The van der Waals surface area contributed by atoms with Crippen LogP contribution in [-0.4, -0.2) is 85.9 Å². The highest BCUT2D eigenvalue weighted by Gasteiger charge is 2.45. The number of aromatic nitrogens is 4. The molecule has 2 aromatic rings. The van der Waals surface area contributed by atoms with Gasteiger partial charge in [-0.05, 0) is 0 Å². The highest BCUT2D eigenvalue weighted by Crippen LogP contribution is 2.34. The molecule has 5 N–H and O–H groups in total. The van der Waals surface area contributed by atoms with E-state index in [1.807, 2.05) is 4.90 Å². The van der Waals surface area contributed by atoms with E-state index in [1.165, 1.54) is 10.9 Å². The standard InChI is InChI=1S/C14H20N6O5/c21-5-7-9(22)10(23)13(25-7)20-11-8(12(24)17-6-16-11)18-14(20)19-3-1-15-2-4-19/h6-7,9-10,13,15,21-23H,1-5H2,(H,16,17,24)/t7-,9+,10-,13-/m0/s1. The average molecular weight is 352 g/mol.